The van der Waals surface area contributed by atoms with Gasteiger partial charge >= 0.3 is 0 Å². The third-order valence-electron chi connectivity index (χ3n) is 2.06. The molecule has 0 aromatic heterocycles. The molecule has 0 aliphatic rings. The van der Waals surface area contributed by atoms with Crippen LogP contribution in [0.2, 0.25) is 5.02 Å². The van der Waals surface area contributed by atoms with Gasteiger partial charge in [-0.1, -0.05) is 18.5 Å². The van der Waals surface area contributed by atoms with E-state index in [0.29, 0.717) is 6.54 Å². The third-order valence-corrected chi connectivity index (χ3v) is 4.66. The van der Waals surface area contributed by atoms with Gasteiger partial charge in [0.05, 0.1) is 15.5 Å². The van der Waals surface area contributed by atoms with Crippen LogP contribution < -0.4 is 5.32 Å². The predicted octanol–water partition coefficient (Wildman–Crippen LogP) is 3.17. The molecule has 100 valence electrons. The van der Waals surface area contributed by atoms with Crippen LogP contribution >= 0.6 is 38.2 Å². The van der Waals surface area contributed by atoms with Crippen molar-refractivity contribution in [1.82, 2.24) is 5.32 Å². The van der Waals surface area contributed by atoms with Crippen LogP contribution in [-0.2, 0) is 9.05 Å². The molecular weight excluding hydrogens is 365 g/mol. The van der Waals surface area contributed by atoms with Crippen molar-refractivity contribution in [2.24, 2.45) is 0 Å². The van der Waals surface area contributed by atoms with Crippen LogP contribution in [0.25, 0.3) is 0 Å². The maximum Gasteiger partial charge on any atom is 0.262 e. The zero-order valence-electron chi connectivity index (χ0n) is 9.34. The fraction of sp³-hybridized carbons (Fsp3) is 0.300. The molecule has 0 unspecified atom stereocenters. The zero-order chi connectivity index (χ0) is 13.9. The summed E-state index contributed by atoms with van der Waals surface area (Å²) in [5, 5.41) is 2.76. The lowest BCUT2D eigenvalue weighted by Crippen LogP contribution is -2.24. The molecule has 0 bridgehead atoms. The number of hydrogen-bond donors (Lipinski definition) is 1. The topological polar surface area (TPSA) is 63.2 Å². The molecule has 0 aliphatic heterocycles. The quantitative estimate of drug-likeness (QED) is 0.823. The van der Waals surface area contributed by atoms with Crippen LogP contribution in [0.15, 0.2) is 21.5 Å². The highest BCUT2D eigenvalue weighted by atomic mass is 79.9. The van der Waals surface area contributed by atoms with Crippen molar-refractivity contribution >= 4 is 53.2 Å². The van der Waals surface area contributed by atoms with Gasteiger partial charge in [-0.25, -0.2) is 8.42 Å². The van der Waals surface area contributed by atoms with E-state index in [0.717, 1.165) is 12.5 Å². The van der Waals surface area contributed by atoms with Crippen molar-refractivity contribution in [1.29, 1.82) is 0 Å². The highest BCUT2D eigenvalue weighted by molar-refractivity contribution is 9.10. The van der Waals surface area contributed by atoms with E-state index in [1.165, 1.54) is 6.07 Å². The molecule has 0 saturated heterocycles. The molecule has 1 rings (SSSR count). The molecule has 1 aromatic rings. The summed E-state index contributed by atoms with van der Waals surface area (Å²) in [5.74, 6) is -0.434. The Balaban J connectivity index is 3.26. The summed E-state index contributed by atoms with van der Waals surface area (Å²) in [6.07, 6.45) is 0.764. The second-order valence-corrected chi connectivity index (χ2v) is 7.25. The Morgan fingerprint density at radius 2 is 2.06 bits per heavy atom. The fourth-order valence-electron chi connectivity index (χ4n) is 1.22. The summed E-state index contributed by atoms with van der Waals surface area (Å²) >= 11 is 8.94. The van der Waals surface area contributed by atoms with Crippen molar-refractivity contribution in [3.05, 3.63) is 27.2 Å². The molecule has 0 aliphatic carbocycles. The minimum atomic E-state index is -3.94. The van der Waals surface area contributed by atoms with E-state index in [-0.39, 0.29) is 20.0 Å². The zero-order valence-corrected chi connectivity index (χ0v) is 13.3. The molecule has 0 spiro atoms. The van der Waals surface area contributed by atoms with Crippen LogP contribution in [0.5, 0.6) is 0 Å². The third kappa shape index (κ3) is 3.85. The average molecular weight is 375 g/mol. The van der Waals surface area contributed by atoms with E-state index in [4.69, 9.17) is 22.3 Å². The van der Waals surface area contributed by atoms with E-state index in [1.54, 1.807) is 0 Å². The van der Waals surface area contributed by atoms with Gasteiger partial charge in [-0.2, -0.15) is 0 Å². The molecule has 4 nitrogen and oxygen atoms in total. The number of benzene rings is 1. The van der Waals surface area contributed by atoms with E-state index in [9.17, 15) is 13.2 Å². The molecule has 0 radical (unpaired) electrons. The number of halogens is 3. The highest BCUT2D eigenvalue weighted by Gasteiger charge is 2.20. The number of carbonyl (C=O) groups is 1. The van der Waals surface area contributed by atoms with E-state index >= 15 is 0 Å². The van der Waals surface area contributed by atoms with Gasteiger partial charge in [-0.3, -0.25) is 4.79 Å². The Hall–Kier alpha value is -0.300. The molecule has 1 amide bonds. The van der Waals surface area contributed by atoms with Gasteiger partial charge in [0.2, 0.25) is 0 Å². The van der Waals surface area contributed by atoms with Crippen LogP contribution in [0.1, 0.15) is 23.7 Å². The van der Waals surface area contributed by atoms with E-state index in [2.05, 4.69) is 21.2 Å². The molecule has 1 N–H and O–H groups in total. The van der Waals surface area contributed by atoms with Gasteiger partial charge in [0, 0.05) is 21.7 Å². The standard InChI is InChI=1S/C10H10BrCl2NO3S/c1-2-3-14-10(15)6-4-9(18(13,16)17)7(11)5-8(6)12/h4-5H,2-3H2,1H3,(H,14,15). The Kier molecular flexibility index (Phi) is 5.46. The van der Waals surface area contributed by atoms with Gasteiger partial charge in [-0.05, 0) is 34.5 Å². The summed E-state index contributed by atoms with van der Waals surface area (Å²) in [4.78, 5) is 11.6. The highest BCUT2D eigenvalue weighted by Crippen LogP contribution is 2.30. The van der Waals surface area contributed by atoms with Gasteiger partial charge < -0.3 is 5.32 Å². The van der Waals surface area contributed by atoms with Gasteiger partial charge in [-0.15, -0.1) is 0 Å². The van der Waals surface area contributed by atoms with Crippen molar-refractivity contribution in [2.45, 2.75) is 18.2 Å². The normalized spacial score (nSPS) is 11.3. The summed E-state index contributed by atoms with van der Waals surface area (Å²) < 4.78 is 22.8. The monoisotopic (exact) mass is 373 g/mol. The van der Waals surface area contributed by atoms with Crippen molar-refractivity contribution in [3.8, 4) is 0 Å². The smallest absolute Gasteiger partial charge is 0.262 e. The number of hydrogen-bond acceptors (Lipinski definition) is 3. The predicted molar refractivity (Wildman–Crippen MR) is 74.8 cm³/mol. The molecule has 0 heterocycles. The molecule has 0 fully saturated rings. The Labute approximate surface area is 123 Å². The van der Waals surface area contributed by atoms with Gasteiger partial charge in [0.15, 0.2) is 0 Å². The van der Waals surface area contributed by atoms with Crippen LogP contribution in [0, 0.1) is 0 Å². The molecule has 1 aromatic carbocycles. The number of amides is 1. The van der Waals surface area contributed by atoms with Crippen molar-refractivity contribution in [3.63, 3.8) is 0 Å². The average Bonchev–Trinajstić information content (AvgIpc) is 2.24. The lowest BCUT2D eigenvalue weighted by Gasteiger charge is -2.08. The van der Waals surface area contributed by atoms with Crippen LogP contribution in [0.4, 0.5) is 0 Å². The Bertz CT molecular complexity index is 575. The number of nitrogens with one attached hydrogen (secondary N) is 1. The fourth-order valence-corrected chi connectivity index (χ4v) is 3.80. The molecule has 0 saturated carbocycles. The van der Waals surface area contributed by atoms with Crippen LogP contribution in [-0.4, -0.2) is 20.9 Å². The first-order chi connectivity index (χ1) is 8.27. The largest absolute Gasteiger partial charge is 0.352 e. The van der Waals surface area contributed by atoms with E-state index in [1.807, 2.05) is 6.92 Å². The van der Waals surface area contributed by atoms with E-state index < -0.39 is 15.0 Å². The van der Waals surface area contributed by atoms with Gasteiger partial charge in [0.1, 0.15) is 0 Å². The molecular formula is C10H10BrCl2NO3S. The Morgan fingerprint density at radius 1 is 1.44 bits per heavy atom. The lowest BCUT2D eigenvalue weighted by atomic mass is 10.2. The second kappa shape index (κ2) is 6.23. The number of rotatable bonds is 4. The maximum atomic E-state index is 11.8. The summed E-state index contributed by atoms with van der Waals surface area (Å²) in [6, 6.07) is 2.48. The first-order valence-corrected chi connectivity index (χ1v) is 8.47. The molecule has 0 atom stereocenters. The number of carbonyl (C=O) groups excluding carboxylic acids is 1. The lowest BCUT2D eigenvalue weighted by molar-refractivity contribution is 0.0953. The molecule has 18 heavy (non-hydrogen) atoms. The summed E-state index contributed by atoms with van der Waals surface area (Å²) in [6.45, 7) is 2.38. The SMILES string of the molecule is CCCNC(=O)c1cc(S(=O)(=O)Cl)c(Br)cc1Cl. The molecule has 8 heteroatoms. The minimum absolute atomic E-state index is 0.0764. The first-order valence-electron chi connectivity index (χ1n) is 4.99. The minimum Gasteiger partial charge on any atom is -0.352 e. The Morgan fingerprint density at radius 3 is 2.56 bits per heavy atom. The summed E-state index contributed by atoms with van der Waals surface area (Å²) in [5.41, 5.74) is 0.0764. The van der Waals surface area contributed by atoms with Crippen LogP contribution in [0.3, 0.4) is 0 Å². The maximum absolute atomic E-state index is 11.8. The summed E-state index contributed by atoms with van der Waals surface area (Å²) in [7, 11) is 1.32. The van der Waals surface area contributed by atoms with Gasteiger partial charge in [0.25, 0.3) is 15.0 Å². The second-order valence-electron chi connectivity index (χ2n) is 3.46. The first kappa shape index (κ1) is 15.8. The van der Waals surface area contributed by atoms with Crippen molar-refractivity contribution < 1.29 is 13.2 Å². The van der Waals surface area contributed by atoms with Crippen molar-refractivity contribution in [2.75, 3.05) is 6.54 Å².